The number of carbonyl (C=O) groups excluding carboxylic acids is 1. The lowest BCUT2D eigenvalue weighted by Gasteiger charge is -2.55. The molecule has 1 fully saturated rings. The van der Waals surface area contributed by atoms with Crippen molar-refractivity contribution in [3.63, 3.8) is 0 Å². The number of carbonyl (C=O) groups is 1. The topological polar surface area (TPSA) is 66.0 Å². The Morgan fingerprint density at radius 2 is 2.07 bits per heavy atom. The van der Waals surface area contributed by atoms with E-state index < -0.39 is 0 Å². The van der Waals surface area contributed by atoms with E-state index in [4.69, 9.17) is 18.9 Å². The molecule has 4 rings (SSSR count). The second-order valence-corrected chi connectivity index (χ2v) is 8.95. The van der Waals surface area contributed by atoms with Crippen LogP contribution in [0.25, 0.3) is 0 Å². The normalized spacial score (nSPS) is 31.8. The lowest BCUT2D eigenvalue weighted by atomic mass is 9.56. The van der Waals surface area contributed by atoms with E-state index in [9.17, 15) is 4.79 Å². The van der Waals surface area contributed by atoms with Gasteiger partial charge in [0, 0.05) is 17.9 Å². The number of allylic oxidation sites excluding steroid dienone is 1. The minimum atomic E-state index is -0.335. The van der Waals surface area contributed by atoms with Crippen LogP contribution in [0.2, 0.25) is 0 Å². The van der Waals surface area contributed by atoms with Crippen molar-refractivity contribution in [1.29, 1.82) is 0 Å². The lowest BCUT2D eigenvalue weighted by molar-refractivity contribution is -0.165. The van der Waals surface area contributed by atoms with E-state index in [2.05, 4.69) is 45.2 Å². The van der Waals surface area contributed by atoms with Crippen LogP contribution in [0.3, 0.4) is 0 Å². The van der Waals surface area contributed by atoms with Crippen LogP contribution >= 0.6 is 0 Å². The summed E-state index contributed by atoms with van der Waals surface area (Å²) in [4.78, 5) is 12.2. The molecule has 1 saturated heterocycles. The van der Waals surface area contributed by atoms with Gasteiger partial charge in [-0.15, -0.1) is 0 Å². The molecule has 0 spiro atoms. The van der Waals surface area contributed by atoms with Gasteiger partial charge in [0.2, 0.25) is 6.79 Å². The molecule has 0 unspecified atom stereocenters. The Balaban J connectivity index is 1.52. The molecule has 0 radical (unpaired) electrons. The third-order valence-corrected chi connectivity index (χ3v) is 7.25. The second kappa shape index (κ2) is 8.50. The van der Waals surface area contributed by atoms with Crippen LogP contribution in [0.4, 0.5) is 4.79 Å². The van der Waals surface area contributed by atoms with Crippen molar-refractivity contribution in [1.82, 2.24) is 5.32 Å². The van der Waals surface area contributed by atoms with Crippen LogP contribution in [-0.4, -0.2) is 32.6 Å². The summed E-state index contributed by atoms with van der Waals surface area (Å²) >= 11 is 0. The Morgan fingerprint density at radius 3 is 2.87 bits per heavy atom. The highest BCUT2D eigenvalue weighted by Crippen LogP contribution is 2.56. The number of alkyl carbamates (subject to hydrolysis) is 1. The quantitative estimate of drug-likeness (QED) is 0.532. The maximum absolute atomic E-state index is 12.2. The molecule has 164 valence electrons. The molecule has 6 heteroatoms. The number of hydrogen-bond acceptors (Lipinski definition) is 5. The molecule has 1 N–H and O–H groups in total. The molecule has 30 heavy (non-hydrogen) atoms. The molecule has 1 aromatic rings. The molecule has 2 bridgehead atoms. The van der Waals surface area contributed by atoms with Gasteiger partial charge in [-0.1, -0.05) is 44.9 Å². The van der Waals surface area contributed by atoms with Crippen LogP contribution in [0.1, 0.15) is 52.2 Å². The van der Waals surface area contributed by atoms with E-state index in [1.807, 2.05) is 12.1 Å². The zero-order chi connectivity index (χ0) is 21.3. The van der Waals surface area contributed by atoms with Crippen molar-refractivity contribution in [2.24, 2.45) is 23.2 Å². The average Bonchev–Trinajstić information content (AvgIpc) is 3.19. The smallest absolute Gasteiger partial charge is 0.407 e. The second-order valence-electron chi connectivity index (χ2n) is 8.95. The van der Waals surface area contributed by atoms with E-state index in [0.717, 1.165) is 29.9 Å². The van der Waals surface area contributed by atoms with Gasteiger partial charge in [0.1, 0.15) is 6.61 Å². The number of ether oxygens (including phenoxy) is 4. The van der Waals surface area contributed by atoms with Crippen molar-refractivity contribution in [2.45, 2.75) is 46.6 Å². The number of unbranched alkanes of at least 4 members (excludes halogenated alkanes) is 1. The molecule has 3 aliphatic rings. The highest BCUT2D eigenvalue weighted by atomic mass is 16.7. The predicted octanol–water partition coefficient (Wildman–Crippen LogP) is 4.85. The van der Waals surface area contributed by atoms with Crippen molar-refractivity contribution in [2.75, 3.05) is 26.6 Å². The van der Waals surface area contributed by atoms with E-state index >= 15 is 0 Å². The third kappa shape index (κ3) is 3.66. The molecule has 2 aliphatic heterocycles. The van der Waals surface area contributed by atoms with E-state index in [0.29, 0.717) is 25.7 Å². The van der Waals surface area contributed by atoms with Crippen LogP contribution in [0, 0.1) is 23.2 Å². The van der Waals surface area contributed by atoms with E-state index in [1.54, 1.807) is 0 Å². The first-order valence-electron chi connectivity index (χ1n) is 11.1. The Kier molecular flexibility index (Phi) is 5.96. The number of nitrogens with one attached hydrogen (secondary N) is 1. The summed E-state index contributed by atoms with van der Waals surface area (Å²) < 4.78 is 23.2. The van der Waals surface area contributed by atoms with Gasteiger partial charge in [-0.2, -0.15) is 0 Å². The van der Waals surface area contributed by atoms with E-state index in [1.165, 1.54) is 5.57 Å². The molecular weight excluding hydrogens is 382 g/mol. The molecule has 1 amide bonds. The SMILES string of the molecule is CCCCNC(=O)OC[C@]12CO[C@H](c3ccc4c(c3)OCO4)[C@H](C(C)=C[C@@H]1C)[C@H]2C. The fourth-order valence-corrected chi connectivity index (χ4v) is 5.27. The summed E-state index contributed by atoms with van der Waals surface area (Å²) in [6, 6.07) is 6.07. The molecule has 0 saturated carbocycles. The van der Waals surface area contributed by atoms with Crippen LogP contribution in [-0.2, 0) is 9.47 Å². The standard InChI is InChI=1S/C24H33NO5/c1-5-6-9-25-23(26)28-13-24-12-27-22(21(17(24)4)15(2)10-16(24)3)18-7-8-19-20(11-18)30-14-29-19/h7-8,10-11,16-17,21-22H,5-6,9,12-14H2,1-4H3,(H,25,26)/t16-,17+,21+,22+,24+/m0/s1. The fraction of sp³-hybridized carbons (Fsp3) is 0.625. The zero-order valence-corrected chi connectivity index (χ0v) is 18.4. The molecular formula is C24H33NO5. The highest BCUT2D eigenvalue weighted by molar-refractivity contribution is 5.67. The first-order chi connectivity index (χ1) is 14.5. The van der Waals surface area contributed by atoms with Gasteiger partial charge in [0.15, 0.2) is 11.5 Å². The fourth-order valence-electron chi connectivity index (χ4n) is 5.27. The predicted molar refractivity (Wildman–Crippen MR) is 114 cm³/mol. The third-order valence-electron chi connectivity index (χ3n) is 7.25. The van der Waals surface area contributed by atoms with Gasteiger partial charge in [0.05, 0.1) is 12.7 Å². The number of amides is 1. The molecule has 2 heterocycles. The Morgan fingerprint density at radius 1 is 1.27 bits per heavy atom. The summed E-state index contributed by atoms with van der Waals surface area (Å²) in [5.41, 5.74) is 2.21. The van der Waals surface area contributed by atoms with Crippen LogP contribution < -0.4 is 14.8 Å². The number of benzene rings is 1. The largest absolute Gasteiger partial charge is 0.454 e. The minimum absolute atomic E-state index is 0.0512. The molecule has 5 atom stereocenters. The van der Waals surface area contributed by atoms with E-state index in [-0.39, 0.29) is 36.2 Å². The van der Waals surface area contributed by atoms with Gasteiger partial charge in [-0.3, -0.25) is 0 Å². The first kappa shape index (κ1) is 21.0. The monoisotopic (exact) mass is 415 g/mol. The first-order valence-corrected chi connectivity index (χ1v) is 11.1. The molecule has 6 nitrogen and oxygen atoms in total. The Bertz CT molecular complexity index is 822. The molecule has 0 aromatic heterocycles. The summed E-state index contributed by atoms with van der Waals surface area (Å²) in [7, 11) is 0. The van der Waals surface area contributed by atoms with Gasteiger partial charge >= 0.3 is 6.09 Å². The lowest BCUT2D eigenvalue weighted by Crippen LogP contribution is -2.54. The number of fused-ring (bicyclic) bond motifs is 3. The molecule has 1 aliphatic carbocycles. The van der Waals surface area contributed by atoms with Gasteiger partial charge in [-0.05, 0) is 42.9 Å². The number of hydrogen-bond donors (Lipinski definition) is 1. The average molecular weight is 416 g/mol. The molecule has 1 aromatic carbocycles. The number of rotatable bonds is 6. The zero-order valence-electron chi connectivity index (χ0n) is 18.4. The highest BCUT2D eigenvalue weighted by Gasteiger charge is 2.54. The van der Waals surface area contributed by atoms with Crippen LogP contribution in [0.15, 0.2) is 29.8 Å². The maximum atomic E-state index is 12.2. The van der Waals surface area contributed by atoms with Gasteiger partial charge in [-0.25, -0.2) is 4.79 Å². The Hall–Kier alpha value is -2.21. The Labute approximate surface area is 178 Å². The summed E-state index contributed by atoms with van der Waals surface area (Å²) in [6.07, 6.45) is 3.95. The van der Waals surface area contributed by atoms with Gasteiger partial charge in [0.25, 0.3) is 0 Å². The van der Waals surface area contributed by atoms with Crippen molar-refractivity contribution >= 4 is 6.09 Å². The van der Waals surface area contributed by atoms with Crippen molar-refractivity contribution < 1.29 is 23.7 Å². The van der Waals surface area contributed by atoms with Gasteiger partial charge < -0.3 is 24.3 Å². The van der Waals surface area contributed by atoms with Crippen molar-refractivity contribution in [3.8, 4) is 11.5 Å². The summed E-state index contributed by atoms with van der Waals surface area (Å²) in [6.45, 7) is 10.6. The van der Waals surface area contributed by atoms with Crippen molar-refractivity contribution in [3.05, 3.63) is 35.4 Å². The van der Waals surface area contributed by atoms with Crippen LogP contribution in [0.5, 0.6) is 11.5 Å². The minimum Gasteiger partial charge on any atom is -0.454 e. The summed E-state index contributed by atoms with van der Waals surface area (Å²) in [5, 5.41) is 2.85. The maximum Gasteiger partial charge on any atom is 0.407 e. The summed E-state index contributed by atoms with van der Waals surface area (Å²) in [5.74, 6) is 2.36.